The SMILES string of the molecule is O=C(/C=C/c1ccccc1Cl)N(/N=C/c1coc2ccccc2c1=O)c1nc2ccc(Br)cc2s1. The van der Waals surface area contributed by atoms with Gasteiger partial charge >= 0.3 is 0 Å². The highest BCUT2D eigenvalue weighted by molar-refractivity contribution is 9.10. The van der Waals surface area contributed by atoms with Crippen LogP contribution in [-0.4, -0.2) is 17.1 Å². The molecule has 2 aromatic heterocycles. The Labute approximate surface area is 216 Å². The first-order chi connectivity index (χ1) is 17.0. The molecule has 0 spiro atoms. The average Bonchev–Trinajstić information content (AvgIpc) is 3.28. The van der Waals surface area contributed by atoms with E-state index in [1.165, 1.54) is 29.9 Å². The van der Waals surface area contributed by atoms with E-state index in [0.29, 0.717) is 26.7 Å². The number of thiazole rings is 1. The predicted molar refractivity (Wildman–Crippen MR) is 145 cm³/mol. The molecule has 6 nitrogen and oxygen atoms in total. The van der Waals surface area contributed by atoms with Crippen LogP contribution in [0.2, 0.25) is 5.02 Å². The van der Waals surface area contributed by atoms with Crippen LogP contribution in [0.3, 0.4) is 0 Å². The van der Waals surface area contributed by atoms with Crippen molar-refractivity contribution < 1.29 is 9.21 Å². The fraction of sp³-hybridized carbons (Fsp3) is 0. The summed E-state index contributed by atoms with van der Waals surface area (Å²) in [5.41, 5.74) is 1.85. The topological polar surface area (TPSA) is 75.8 Å². The lowest BCUT2D eigenvalue weighted by Crippen LogP contribution is -2.24. The van der Waals surface area contributed by atoms with E-state index in [2.05, 4.69) is 26.0 Å². The summed E-state index contributed by atoms with van der Waals surface area (Å²) in [6.45, 7) is 0. The van der Waals surface area contributed by atoms with E-state index < -0.39 is 5.91 Å². The molecule has 0 unspecified atom stereocenters. The molecule has 3 aromatic carbocycles. The Morgan fingerprint density at radius 2 is 1.89 bits per heavy atom. The Hall–Kier alpha value is -3.59. The Morgan fingerprint density at radius 3 is 2.74 bits per heavy atom. The summed E-state index contributed by atoms with van der Waals surface area (Å²) in [6.07, 6.45) is 5.61. The summed E-state index contributed by atoms with van der Waals surface area (Å²) < 4.78 is 7.33. The van der Waals surface area contributed by atoms with Gasteiger partial charge in [0.1, 0.15) is 11.8 Å². The molecular formula is C26H15BrClN3O3S. The third kappa shape index (κ3) is 4.95. The average molecular weight is 565 g/mol. The van der Waals surface area contributed by atoms with Crippen LogP contribution in [0.15, 0.2) is 97.9 Å². The number of rotatable bonds is 5. The number of carbonyl (C=O) groups is 1. The summed E-state index contributed by atoms with van der Waals surface area (Å²) in [5, 5.41) is 6.79. The Kier molecular flexibility index (Phi) is 6.59. The summed E-state index contributed by atoms with van der Waals surface area (Å²) >= 11 is 11.0. The molecule has 0 saturated carbocycles. The molecular weight excluding hydrogens is 550 g/mol. The molecule has 5 aromatic rings. The zero-order valence-corrected chi connectivity index (χ0v) is 21.0. The van der Waals surface area contributed by atoms with Crippen molar-refractivity contribution in [1.29, 1.82) is 0 Å². The van der Waals surface area contributed by atoms with E-state index in [9.17, 15) is 9.59 Å². The molecule has 9 heteroatoms. The highest BCUT2D eigenvalue weighted by atomic mass is 79.9. The van der Waals surface area contributed by atoms with Crippen molar-refractivity contribution in [1.82, 2.24) is 4.98 Å². The Morgan fingerprint density at radius 1 is 1.09 bits per heavy atom. The number of hydrogen-bond acceptors (Lipinski definition) is 6. The molecule has 0 aliphatic heterocycles. The minimum atomic E-state index is -0.454. The quantitative estimate of drug-likeness (QED) is 0.132. The van der Waals surface area contributed by atoms with Gasteiger partial charge in [-0.3, -0.25) is 9.59 Å². The summed E-state index contributed by atoms with van der Waals surface area (Å²) in [7, 11) is 0. The van der Waals surface area contributed by atoms with Crippen LogP contribution in [0.5, 0.6) is 0 Å². The first-order valence-corrected chi connectivity index (χ1v) is 12.4. The van der Waals surface area contributed by atoms with Crippen LogP contribution in [-0.2, 0) is 4.79 Å². The maximum absolute atomic E-state index is 13.2. The number of hydrazone groups is 1. The van der Waals surface area contributed by atoms with Gasteiger partial charge in [-0.05, 0) is 48.0 Å². The molecule has 0 fully saturated rings. The molecule has 0 bridgehead atoms. The first kappa shape index (κ1) is 23.2. The number of halogens is 2. The fourth-order valence-corrected chi connectivity index (χ4v) is 5.00. The number of amides is 1. The highest BCUT2D eigenvalue weighted by Crippen LogP contribution is 2.31. The van der Waals surface area contributed by atoms with Crippen molar-refractivity contribution in [2.75, 3.05) is 5.01 Å². The standard InChI is InChI=1S/C26H15BrClN3O3S/c27-18-10-11-21-23(13-18)35-26(30-21)31(24(32)12-9-16-5-1-3-7-20(16)28)29-14-17-15-34-22-8-4-2-6-19(22)25(17)33/h1-15H/b12-9+,29-14+. The highest BCUT2D eigenvalue weighted by Gasteiger charge is 2.18. The monoisotopic (exact) mass is 563 g/mol. The van der Waals surface area contributed by atoms with Crippen LogP contribution in [0, 0.1) is 0 Å². The first-order valence-electron chi connectivity index (χ1n) is 10.4. The molecule has 5 rings (SSSR count). The van der Waals surface area contributed by atoms with E-state index in [0.717, 1.165) is 19.7 Å². The van der Waals surface area contributed by atoms with Crippen molar-refractivity contribution in [3.8, 4) is 0 Å². The lowest BCUT2D eigenvalue weighted by Gasteiger charge is -2.11. The zero-order valence-electron chi connectivity index (χ0n) is 17.9. The summed E-state index contributed by atoms with van der Waals surface area (Å²) in [6, 6.07) is 19.8. The van der Waals surface area contributed by atoms with Crippen molar-refractivity contribution in [2.24, 2.45) is 5.10 Å². The zero-order chi connectivity index (χ0) is 24.4. The van der Waals surface area contributed by atoms with Crippen LogP contribution in [0.1, 0.15) is 11.1 Å². The van der Waals surface area contributed by atoms with Crippen molar-refractivity contribution >= 4 is 83.4 Å². The largest absolute Gasteiger partial charge is 0.463 e. The van der Waals surface area contributed by atoms with E-state index in [1.54, 1.807) is 42.5 Å². The number of anilines is 1. The number of fused-ring (bicyclic) bond motifs is 2. The molecule has 2 heterocycles. The molecule has 35 heavy (non-hydrogen) atoms. The Balaban J connectivity index is 1.55. The van der Waals surface area contributed by atoms with E-state index in [4.69, 9.17) is 16.0 Å². The fourth-order valence-electron chi connectivity index (χ4n) is 3.32. The normalized spacial score (nSPS) is 11.7. The molecule has 172 valence electrons. The smallest absolute Gasteiger partial charge is 0.273 e. The summed E-state index contributed by atoms with van der Waals surface area (Å²) in [5.74, 6) is -0.454. The van der Waals surface area contributed by atoms with Gasteiger partial charge in [-0.15, -0.1) is 0 Å². The van der Waals surface area contributed by atoms with Crippen molar-refractivity contribution in [2.45, 2.75) is 0 Å². The maximum Gasteiger partial charge on any atom is 0.273 e. The van der Waals surface area contributed by atoms with E-state index in [-0.39, 0.29) is 11.0 Å². The van der Waals surface area contributed by atoms with Gasteiger partial charge in [-0.25, -0.2) is 4.98 Å². The van der Waals surface area contributed by atoms with Crippen LogP contribution in [0.4, 0.5) is 5.13 Å². The number of aromatic nitrogens is 1. The molecule has 0 radical (unpaired) electrons. The molecule has 0 atom stereocenters. The van der Waals surface area contributed by atoms with Gasteiger partial charge in [-0.1, -0.05) is 69.2 Å². The van der Waals surface area contributed by atoms with Crippen LogP contribution < -0.4 is 10.4 Å². The van der Waals surface area contributed by atoms with Crippen molar-refractivity contribution in [3.63, 3.8) is 0 Å². The minimum absolute atomic E-state index is 0.209. The van der Waals surface area contributed by atoms with Gasteiger partial charge in [0.2, 0.25) is 10.6 Å². The van der Waals surface area contributed by atoms with Crippen LogP contribution in [0.25, 0.3) is 27.3 Å². The lowest BCUT2D eigenvalue weighted by molar-refractivity contribution is -0.114. The molecule has 0 N–H and O–H groups in total. The number of para-hydroxylation sites is 1. The van der Waals surface area contributed by atoms with E-state index in [1.807, 2.05) is 30.3 Å². The molecule has 1 amide bonds. The predicted octanol–water partition coefficient (Wildman–Crippen LogP) is 6.90. The van der Waals surface area contributed by atoms with Gasteiger partial charge in [0.05, 0.1) is 27.4 Å². The number of carbonyl (C=O) groups excluding carboxylic acids is 1. The molecule has 0 aliphatic carbocycles. The summed E-state index contributed by atoms with van der Waals surface area (Å²) in [4.78, 5) is 30.7. The number of hydrogen-bond donors (Lipinski definition) is 0. The second-order valence-corrected chi connectivity index (χ2v) is 9.71. The van der Waals surface area contributed by atoms with E-state index >= 15 is 0 Å². The second-order valence-electron chi connectivity index (χ2n) is 7.37. The third-order valence-corrected chi connectivity index (χ3v) is 6.89. The van der Waals surface area contributed by atoms with Gasteiger partial charge in [0.15, 0.2) is 0 Å². The Bertz CT molecular complexity index is 1690. The van der Waals surface area contributed by atoms with Gasteiger partial charge in [0, 0.05) is 15.6 Å². The van der Waals surface area contributed by atoms with Crippen molar-refractivity contribution in [3.05, 3.63) is 110 Å². The van der Waals surface area contributed by atoms with Gasteiger partial charge in [0.25, 0.3) is 5.91 Å². The molecule has 0 saturated heterocycles. The van der Waals surface area contributed by atoms with Crippen LogP contribution >= 0.6 is 38.9 Å². The maximum atomic E-state index is 13.2. The number of nitrogens with zero attached hydrogens (tertiary/aromatic N) is 3. The number of benzene rings is 3. The molecule has 0 aliphatic rings. The third-order valence-electron chi connectivity index (χ3n) is 5.06. The minimum Gasteiger partial charge on any atom is -0.463 e. The second kappa shape index (κ2) is 9.95. The lowest BCUT2D eigenvalue weighted by atomic mass is 10.2. The van der Waals surface area contributed by atoms with Gasteiger partial charge in [-0.2, -0.15) is 10.1 Å². The van der Waals surface area contributed by atoms with Gasteiger partial charge < -0.3 is 4.42 Å².